The number of hydrogen-bond donors (Lipinski definition) is 0. The molecule has 0 bridgehead atoms. The van der Waals surface area contributed by atoms with Crippen molar-refractivity contribution >= 4 is 0 Å². The standard InChI is InChI=1S/C14H18FNO2/c1-11(2)5-6-17-7-8-18-14-4-3-12(10-16)9-13(14)15/h3-4,9,11H,5-8H2,1-2H3. The zero-order chi connectivity index (χ0) is 13.4. The molecule has 0 spiro atoms. The summed E-state index contributed by atoms with van der Waals surface area (Å²) in [5, 5.41) is 8.59. The molecule has 0 fully saturated rings. The molecule has 0 amide bonds. The molecule has 1 aromatic rings. The van der Waals surface area contributed by atoms with Crippen molar-refractivity contribution in [2.75, 3.05) is 19.8 Å². The Morgan fingerprint density at radius 3 is 2.67 bits per heavy atom. The van der Waals surface area contributed by atoms with E-state index in [4.69, 9.17) is 14.7 Å². The molecular weight excluding hydrogens is 233 g/mol. The van der Waals surface area contributed by atoms with Crippen LogP contribution in [0.2, 0.25) is 0 Å². The first-order chi connectivity index (χ1) is 8.63. The zero-order valence-electron chi connectivity index (χ0n) is 10.8. The first kappa shape index (κ1) is 14.5. The molecule has 3 nitrogen and oxygen atoms in total. The molecule has 0 heterocycles. The summed E-state index contributed by atoms with van der Waals surface area (Å²) in [6, 6.07) is 6.02. The van der Waals surface area contributed by atoms with Gasteiger partial charge in [0.15, 0.2) is 11.6 Å². The highest BCUT2D eigenvalue weighted by Crippen LogP contribution is 2.17. The van der Waals surface area contributed by atoms with Gasteiger partial charge in [0.25, 0.3) is 0 Å². The molecule has 0 aliphatic rings. The molecule has 0 saturated heterocycles. The summed E-state index contributed by atoms with van der Waals surface area (Å²) < 4.78 is 24.0. The Bertz CT molecular complexity index is 413. The molecule has 1 rings (SSSR count). The van der Waals surface area contributed by atoms with Crippen LogP contribution in [-0.2, 0) is 4.74 Å². The minimum absolute atomic E-state index is 0.154. The first-order valence-corrected chi connectivity index (χ1v) is 6.03. The maximum Gasteiger partial charge on any atom is 0.166 e. The van der Waals surface area contributed by atoms with Crippen LogP contribution in [0.15, 0.2) is 18.2 Å². The maximum absolute atomic E-state index is 13.4. The highest BCUT2D eigenvalue weighted by Gasteiger charge is 2.04. The van der Waals surface area contributed by atoms with Gasteiger partial charge in [-0.15, -0.1) is 0 Å². The number of ether oxygens (including phenoxy) is 2. The summed E-state index contributed by atoms with van der Waals surface area (Å²) >= 11 is 0. The Balaban J connectivity index is 2.25. The van der Waals surface area contributed by atoms with Crippen molar-refractivity contribution in [3.8, 4) is 11.8 Å². The van der Waals surface area contributed by atoms with E-state index in [0.29, 0.717) is 25.7 Å². The number of nitriles is 1. The van der Waals surface area contributed by atoms with E-state index in [2.05, 4.69) is 13.8 Å². The lowest BCUT2D eigenvalue weighted by Crippen LogP contribution is -2.09. The normalized spacial score (nSPS) is 10.4. The van der Waals surface area contributed by atoms with Crippen molar-refractivity contribution in [3.63, 3.8) is 0 Å². The van der Waals surface area contributed by atoms with Crippen LogP contribution in [0.25, 0.3) is 0 Å². The van der Waals surface area contributed by atoms with Gasteiger partial charge in [-0.25, -0.2) is 4.39 Å². The van der Waals surface area contributed by atoms with Crippen molar-refractivity contribution in [3.05, 3.63) is 29.6 Å². The first-order valence-electron chi connectivity index (χ1n) is 6.03. The van der Waals surface area contributed by atoms with E-state index in [0.717, 1.165) is 12.5 Å². The largest absolute Gasteiger partial charge is 0.488 e. The van der Waals surface area contributed by atoms with Gasteiger partial charge in [-0.2, -0.15) is 5.26 Å². The third-order valence-electron chi connectivity index (χ3n) is 2.39. The molecule has 0 radical (unpaired) electrons. The Hall–Kier alpha value is -1.60. The SMILES string of the molecule is CC(C)CCOCCOc1ccc(C#N)cc1F. The fraction of sp³-hybridized carbons (Fsp3) is 0.500. The Labute approximate surface area is 107 Å². The fourth-order valence-electron chi connectivity index (χ4n) is 1.32. The maximum atomic E-state index is 13.4. The lowest BCUT2D eigenvalue weighted by molar-refractivity contribution is 0.0913. The molecule has 4 heteroatoms. The summed E-state index contributed by atoms with van der Waals surface area (Å²) in [5.74, 6) is 0.250. The number of hydrogen-bond acceptors (Lipinski definition) is 3. The second kappa shape index (κ2) is 7.67. The van der Waals surface area contributed by atoms with Crippen LogP contribution >= 0.6 is 0 Å². The summed E-state index contributed by atoms with van der Waals surface area (Å²) in [4.78, 5) is 0. The summed E-state index contributed by atoms with van der Waals surface area (Å²) in [6.45, 7) is 5.70. The van der Waals surface area contributed by atoms with E-state index in [9.17, 15) is 4.39 Å². The van der Waals surface area contributed by atoms with Crippen LogP contribution < -0.4 is 4.74 Å². The second-order valence-electron chi connectivity index (χ2n) is 4.40. The lowest BCUT2D eigenvalue weighted by Gasteiger charge is -2.09. The minimum Gasteiger partial charge on any atom is -0.488 e. The van der Waals surface area contributed by atoms with Gasteiger partial charge in [0.05, 0.1) is 18.2 Å². The van der Waals surface area contributed by atoms with Crippen LogP contribution in [0, 0.1) is 23.1 Å². The molecule has 0 unspecified atom stereocenters. The monoisotopic (exact) mass is 251 g/mol. The van der Waals surface area contributed by atoms with E-state index in [-0.39, 0.29) is 11.3 Å². The third-order valence-corrected chi connectivity index (χ3v) is 2.39. The molecule has 0 saturated carbocycles. The van der Waals surface area contributed by atoms with Crippen molar-refractivity contribution < 1.29 is 13.9 Å². The van der Waals surface area contributed by atoms with Gasteiger partial charge in [0.1, 0.15) is 6.61 Å². The van der Waals surface area contributed by atoms with Crippen molar-refractivity contribution in [2.24, 2.45) is 5.92 Å². The van der Waals surface area contributed by atoms with Crippen LogP contribution in [0.1, 0.15) is 25.8 Å². The number of nitrogens with zero attached hydrogens (tertiary/aromatic N) is 1. The third kappa shape index (κ3) is 5.15. The molecule has 1 aromatic carbocycles. The molecule has 0 aromatic heterocycles. The van der Waals surface area contributed by atoms with Gasteiger partial charge in [0.2, 0.25) is 0 Å². The average Bonchev–Trinajstić information content (AvgIpc) is 2.34. The fourth-order valence-corrected chi connectivity index (χ4v) is 1.32. The van der Waals surface area contributed by atoms with Crippen molar-refractivity contribution in [1.29, 1.82) is 5.26 Å². The van der Waals surface area contributed by atoms with Gasteiger partial charge in [-0.3, -0.25) is 0 Å². The van der Waals surface area contributed by atoms with E-state index >= 15 is 0 Å². The predicted molar refractivity (Wildman–Crippen MR) is 66.9 cm³/mol. The molecule has 98 valence electrons. The average molecular weight is 251 g/mol. The summed E-state index contributed by atoms with van der Waals surface area (Å²) in [5.41, 5.74) is 0.285. The molecule has 0 atom stereocenters. The summed E-state index contributed by atoms with van der Waals surface area (Å²) in [7, 11) is 0. The van der Waals surface area contributed by atoms with Crippen LogP contribution in [0.4, 0.5) is 4.39 Å². The Morgan fingerprint density at radius 1 is 1.28 bits per heavy atom. The lowest BCUT2D eigenvalue weighted by atomic mass is 10.1. The molecule has 0 aliphatic carbocycles. The van der Waals surface area contributed by atoms with Crippen LogP contribution in [-0.4, -0.2) is 19.8 Å². The predicted octanol–water partition coefficient (Wildman–Crippen LogP) is 3.14. The van der Waals surface area contributed by atoms with Crippen molar-refractivity contribution in [2.45, 2.75) is 20.3 Å². The van der Waals surface area contributed by atoms with Gasteiger partial charge >= 0.3 is 0 Å². The van der Waals surface area contributed by atoms with Gasteiger partial charge in [-0.1, -0.05) is 13.8 Å². The Kier molecular flexibility index (Phi) is 6.16. The van der Waals surface area contributed by atoms with Gasteiger partial charge < -0.3 is 9.47 Å². The second-order valence-corrected chi connectivity index (χ2v) is 4.40. The van der Waals surface area contributed by atoms with E-state index in [1.165, 1.54) is 12.1 Å². The smallest absolute Gasteiger partial charge is 0.166 e. The molecule has 18 heavy (non-hydrogen) atoms. The number of benzene rings is 1. The minimum atomic E-state index is -0.517. The van der Waals surface area contributed by atoms with E-state index in [1.54, 1.807) is 0 Å². The van der Waals surface area contributed by atoms with E-state index in [1.807, 2.05) is 6.07 Å². The molecule has 0 N–H and O–H groups in total. The van der Waals surface area contributed by atoms with Gasteiger partial charge in [-0.05, 0) is 30.5 Å². The number of halogens is 1. The Morgan fingerprint density at radius 2 is 2.06 bits per heavy atom. The highest BCUT2D eigenvalue weighted by molar-refractivity contribution is 5.35. The zero-order valence-corrected chi connectivity index (χ0v) is 10.8. The summed E-state index contributed by atoms with van der Waals surface area (Å²) in [6.07, 6.45) is 1.01. The van der Waals surface area contributed by atoms with Crippen molar-refractivity contribution in [1.82, 2.24) is 0 Å². The van der Waals surface area contributed by atoms with E-state index < -0.39 is 5.82 Å². The quantitative estimate of drug-likeness (QED) is 0.699. The topological polar surface area (TPSA) is 42.2 Å². The molecular formula is C14H18FNO2. The molecule has 0 aliphatic heterocycles. The highest BCUT2D eigenvalue weighted by atomic mass is 19.1. The van der Waals surface area contributed by atoms with Crippen LogP contribution in [0.3, 0.4) is 0 Å². The number of rotatable bonds is 7. The van der Waals surface area contributed by atoms with Crippen LogP contribution in [0.5, 0.6) is 5.75 Å². The van der Waals surface area contributed by atoms with Gasteiger partial charge in [0, 0.05) is 6.61 Å².